The number of hydrogen-bond acceptors (Lipinski definition) is 7. The number of methoxy groups -OCH3 is 1. The summed E-state index contributed by atoms with van der Waals surface area (Å²) < 4.78 is 10.3. The van der Waals surface area contributed by atoms with Crippen LogP contribution < -0.4 is 4.74 Å². The van der Waals surface area contributed by atoms with E-state index in [2.05, 4.69) is 25.1 Å². The van der Waals surface area contributed by atoms with Crippen molar-refractivity contribution in [1.29, 1.82) is 0 Å². The third-order valence-corrected chi connectivity index (χ3v) is 3.39. The van der Waals surface area contributed by atoms with Gasteiger partial charge in [-0.1, -0.05) is 30.6 Å². The van der Waals surface area contributed by atoms with Crippen LogP contribution in [0.15, 0.2) is 29.0 Å². The molecule has 3 aromatic rings. The highest BCUT2D eigenvalue weighted by Gasteiger charge is 2.17. The molecule has 0 aliphatic rings. The first kappa shape index (κ1) is 15.4. The van der Waals surface area contributed by atoms with Crippen molar-refractivity contribution in [2.24, 2.45) is 0 Å². The van der Waals surface area contributed by atoms with Gasteiger partial charge in [0.1, 0.15) is 5.82 Å². The van der Waals surface area contributed by atoms with E-state index in [1.165, 1.54) is 6.20 Å². The molecule has 0 spiro atoms. The van der Waals surface area contributed by atoms with Gasteiger partial charge in [-0.3, -0.25) is 0 Å². The summed E-state index contributed by atoms with van der Waals surface area (Å²) in [5.74, 6) is 1.98. The lowest BCUT2D eigenvalue weighted by Crippen LogP contribution is -1.99. The summed E-state index contributed by atoms with van der Waals surface area (Å²) in [7, 11) is 1.55. The molecule has 3 heterocycles. The van der Waals surface area contributed by atoms with Crippen molar-refractivity contribution in [3.63, 3.8) is 0 Å². The van der Waals surface area contributed by atoms with Crippen LogP contribution >= 0.6 is 11.6 Å². The molecule has 0 amide bonds. The molecule has 0 unspecified atom stereocenters. The van der Waals surface area contributed by atoms with Crippen LogP contribution in [-0.4, -0.2) is 32.2 Å². The van der Waals surface area contributed by atoms with Crippen LogP contribution in [0.25, 0.3) is 23.0 Å². The molecule has 8 heteroatoms. The Morgan fingerprint density at radius 3 is 2.61 bits per heavy atom. The van der Waals surface area contributed by atoms with Crippen molar-refractivity contribution in [1.82, 2.24) is 25.1 Å². The van der Waals surface area contributed by atoms with E-state index < -0.39 is 0 Å². The average molecular weight is 332 g/mol. The van der Waals surface area contributed by atoms with Crippen molar-refractivity contribution in [2.45, 2.75) is 19.8 Å². The SMILES string of the molecule is COc1ccc(-c2noc(-c3nc(C(C)C)ncc3Cl)n2)cn1. The molecule has 0 aliphatic heterocycles. The Labute approximate surface area is 137 Å². The Balaban J connectivity index is 1.96. The molecule has 0 aromatic carbocycles. The maximum Gasteiger partial charge on any atom is 0.278 e. The van der Waals surface area contributed by atoms with Crippen LogP contribution in [0.3, 0.4) is 0 Å². The Kier molecular flexibility index (Phi) is 4.20. The van der Waals surface area contributed by atoms with Gasteiger partial charge >= 0.3 is 0 Å². The number of nitrogens with zero attached hydrogens (tertiary/aromatic N) is 5. The van der Waals surface area contributed by atoms with Gasteiger partial charge in [-0.25, -0.2) is 15.0 Å². The topological polar surface area (TPSA) is 86.8 Å². The minimum atomic E-state index is 0.166. The fourth-order valence-electron chi connectivity index (χ4n) is 1.88. The van der Waals surface area contributed by atoms with Gasteiger partial charge < -0.3 is 9.26 Å². The molecule has 0 saturated carbocycles. The lowest BCUT2D eigenvalue weighted by molar-refractivity contribution is 0.398. The highest BCUT2D eigenvalue weighted by Crippen LogP contribution is 2.27. The van der Waals surface area contributed by atoms with E-state index in [0.29, 0.717) is 33.8 Å². The van der Waals surface area contributed by atoms with E-state index in [-0.39, 0.29) is 11.8 Å². The molecule has 0 aliphatic carbocycles. The first-order valence-corrected chi connectivity index (χ1v) is 7.33. The quantitative estimate of drug-likeness (QED) is 0.724. The second kappa shape index (κ2) is 6.29. The van der Waals surface area contributed by atoms with E-state index in [1.54, 1.807) is 25.4 Å². The van der Waals surface area contributed by atoms with Crippen molar-refractivity contribution >= 4 is 11.6 Å². The largest absolute Gasteiger partial charge is 0.481 e. The zero-order chi connectivity index (χ0) is 16.4. The summed E-state index contributed by atoms with van der Waals surface area (Å²) in [6.07, 6.45) is 3.15. The van der Waals surface area contributed by atoms with Crippen molar-refractivity contribution in [3.8, 4) is 28.9 Å². The first-order chi connectivity index (χ1) is 11.1. The zero-order valence-corrected chi connectivity index (χ0v) is 13.6. The van der Waals surface area contributed by atoms with Gasteiger partial charge in [-0.15, -0.1) is 0 Å². The van der Waals surface area contributed by atoms with Gasteiger partial charge in [0.25, 0.3) is 5.89 Å². The molecule has 0 saturated heterocycles. The molecular formula is C15H14ClN5O2. The van der Waals surface area contributed by atoms with Crippen molar-refractivity contribution in [3.05, 3.63) is 35.4 Å². The van der Waals surface area contributed by atoms with Crippen LogP contribution in [0.5, 0.6) is 5.88 Å². The van der Waals surface area contributed by atoms with Crippen molar-refractivity contribution < 1.29 is 9.26 Å². The number of ether oxygens (including phenoxy) is 1. The number of aromatic nitrogens is 5. The molecular weight excluding hydrogens is 318 g/mol. The maximum atomic E-state index is 6.15. The Hall–Kier alpha value is -2.54. The normalized spacial score (nSPS) is 11.0. The molecule has 23 heavy (non-hydrogen) atoms. The molecule has 7 nitrogen and oxygen atoms in total. The fourth-order valence-corrected chi connectivity index (χ4v) is 2.05. The van der Waals surface area contributed by atoms with Crippen LogP contribution in [0.4, 0.5) is 0 Å². The van der Waals surface area contributed by atoms with Gasteiger partial charge in [-0.05, 0) is 6.07 Å². The maximum absolute atomic E-state index is 6.15. The van der Waals surface area contributed by atoms with Gasteiger partial charge in [0.2, 0.25) is 11.7 Å². The lowest BCUT2D eigenvalue weighted by Gasteiger charge is -2.04. The molecule has 0 bridgehead atoms. The second-order valence-corrected chi connectivity index (χ2v) is 5.50. The van der Waals surface area contributed by atoms with Crippen LogP contribution in [-0.2, 0) is 0 Å². The average Bonchev–Trinajstić information content (AvgIpc) is 3.05. The molecule has 0 fully saturated rings. The summed E-state index contributed by atoms with van der Waals surface area (Å²) in [4.78, 5) is 17.0. The predicted octanol–water partition coefficient (Wildman–Crippen LogP) is 3.37. The van der Waals surface area contributed by atoms with Gasteiger partial charge in [0, 0.05) is 23.7 Å². The van der Waals surface area contributed by atoms with Crippen molar-refractivity contribution in [2.75, 3.05) is 7.11 Å². The Morgan fingerprint density at radius 1 is 1.13 bits per heavy atom. The van der Waals surface area contributed by atoms with Gasteiger partial charge in [0.05, 0.1) is 18.3 Å². The highest BCUT2D eigenvalue weighted by molar-refractivity contribution is 6.32. The highest BCUT2D eigenvalue weighted by atomic mass is 35.5. The monoisotopic (exact) mass is 331 g/mol. The van der Waals surface area contributed by atoms with Crippen LogP contribution in [0, 0.1) is 0 Å². The molecule has 3 aromatic heterocycles. The zero-order valence-electron chi connectivity index (χ0n) is 12.8. The minimum absolute atomic E-state index is 0.166. The summed E-state index contributed by atoms with van der Waals surface area (Å²) in [6, 6.07) is 3.52. The van der Waals surface area contributed by atoms with E-state index >= 15 is 0 Å². The Morgan fingerprint density at radius 2 is 1.96 bits per heavy atom. The second-order valence-electron chi connectivity index (χ2n) is 5.09. The molecule has 0 N–H and O–H groups in total. The van der Waals surface area contributed by atoms with Crippen LogP contribution in [0.2, 0.25) is 5.02 Å². The number of halogens is 1. The van der Waals surface area contributed by atoms with E-state index in [4.69, 9.17) is 20.9 Å². The number of pyridine rings is 1. The van der Waals surface area contributed by atoms with E-state index in [9.17, 15) is 0 Å². The number of rotatable bonds is 4. The summed E-state index contributed by atoms with van der Waals surface area (Å²) in [5, 5.41) is 4.31. The standard InChI is InChI=1S/C15H14ClN5O2/c1-8(2)13-18-7-10(16)12(19-13)15-20-14(21-23-15)9-4-5-11(22-3)17-6-9/h4-8H,1-3H3. The van der Waals surface area contributed by atoms with E-state index in [0.717, 1.165) is 0 Å². The lowest BCUT2D eigenvalue weighted by atomic mass is 10.2. The molecule has 3 rings (SSSR count). The Bertz CT molecular complexity index is 817. The smallest absolute Gasteiger partial charge is 0.278 e. The first-order valence-electron chi connectivity index (χ1n) is 6.95. The third kappa shape index (κ3) is 3.14. The predicted molar refractivity (Wildman–Crippen MR) is 84.2 cm³/mol. The third-order valence-electron chi connectivity index (χ3n) is 3.11. The summed E-state index contributed by atoms with van der Waals surface area (Å²) in [5.41, 5.74) is 1.13. The van der Waals surface area contributed by atoms with E-state index in [1.807, 2.05) is 13.8 Å². The van der Waals surface area contributed by atoms with Crippen LogP contribution in [0.1, 0.15) is 25.6 Å². The van der Waals surface area contributed by atoms with Gasteiger partial charge in [0.15, 0.2) is 5.69 Å². The molecule has 0 radical (unpaired) electrons. The van der Waals surface area contributed by atoms with Gasteiger partial charge in [-0.2, -0.15) is 4.98 Å². The summed E-state index contributed by atoms with van der Waals surface area (Å²) >= 11 is 6.15. The minimum Gasteiger partial charge on any atom is -0.481 e. The fraction of sp³-hybridized carbons (Fsp3) is 0.267. The molecule has 0 atom stereocenters. The molecule has 118 valence electrons. The summed E-state index contributed by atoms with van der Waals surface area (Å²) in [6.45, 7) is 3.99. The number of hydrogen-bond donors (Lipinski definition) is 0.